The zero-order valence-corrected chi connectivity index (χ0v) is 12.2. The second-order valence-electron chi connectivity index (χ2n) is 4.52. The van der Waals surface area contributed by atoms with Crippen LogP contribution in [0.5, 0.6) is 0 Å². The summed E-state index contributed by atoms with van der Waals surface area (Å²) in [5.74, 6) is -0.217. The van der Waals surface area contributed by atoms with Gasteiger partial charge in [0.25, 0.3) is 0 Å². The van der Waals surface area contributed by atoms with E-state index in [1.54, 1.807) is 18.8 Å². The van der Waals surface area contributed by atoms with Gasteiger partial charge in [-0.15, -0.1) is 11.8 Å². The van der Waals surface area contributed by atoms with Crippen LogP contribution in [0.25, 0.3) is 0 Å². The van der Waals surface area contributed by atoms with Gasteiger partial charge in [-0.25, -0.2) is 0 Å². The van der Waals surface area contributed by atoms with Crippen molar-refractivity contribution in [2.75, 3.05) is 14.2 Å². The van der Waals surface area contributed by atoms with Crippen LogP contribution in [-0.2, 0) is 9.53 Å². The van der Waals surface area contributed by atoms with Gasteiger partial charge in [0.05, 0.1) is 7.11 Å². The molecule has 3 nitrogen and oxygen atoms in total. The van der Waals surface area contributed by atoms with E-state index in [-0.39, 0.29) is 5.97 Å². The fourth-order valence-corrected chi connectivity index (χ4v) is 3.06. The van der Waals surface area contributed by atoms with Gasteiger partial charge in [-0.1, -0.05) is 25.1 Å². The summed E-state index contributed by atoms with van der Waals surface area (Å²) in [4.78, 5) is 13.0. The predicted octanol–water partition coefficient (Wildman–Crippen LogP) is 2.71. The van der Waals surface area contributed by atoms with E-state index in [9.17, 15) is 4.79 Å². The number of carbonyl (C=O) groups excluding carboxylic acids is 1. The number of hydrogen-bond acceptors (Lipinski definition) is 4. The van der Waals surface area contributed by atoms with Crippen LogP contribution >= 0.6 is 11.8 Å². The SMILES string of the molecule is CNC(C)(CC(C)Sc1ccccc1)C(=O)OC. The summed E-state index contributed by atoms with van der Waals surface area (Å²) in [5.41, 5.74) is -0.629. The third-order valence-electron chi connectivity index (χ3n) is 2.96. The third-order valence-corrected chi connectivity index (χ3v) is 4.08. The van der Waals surface area contributed by atoms with Gasteiger partial charge in [-0.05, 0) is 32.5 Å². The summed E-state index contributed by atoms with van der Waals surface area (Å²) in [6.45, 7) is 4.00. The molecule has 0 aromatic heterocycles. The quantitative estimate of drug-likeness (QED) is 0.635. The number of methoxy groups -OCH3 is 1. The number of nitrogens with one attached hydrogen (secondary N) is 1. The van der Waals surface area contributed by atoms with E-state index in [2.05, 4.69) is 24.4 Å². The van der Waals surface area contributed by atoms with Crippen molar-refractivity contribution in [1.29, 1.82) is 0 Å². The molecule has 0 radical (unpaired) electrons. The van der Waals surface area contributed by atoms with E-state index in [1.807, 2.05) is 25.1 Å². The number of hydrogen-bond donors (Lipinski definition) is 1. The molecule has 1 N–H and O–H groups in total. The molecule has 0 aliphatic rings. The molecule has 0 heterocycles. The maximum Gasteiger partial charge on any atom is 0.325 e. The topological polar surface area (TPSA) is 38.3 Å². The van der Waals surface area contributed by atoms with Gasteiger partial charge in [-0.2, -0.15) is 0 Å². The second kappa shape index (κ2) is 6.81. The Bertz CT molecular complexity index is 383. The molecule has 0 aliphatic heterocycles. The van der Waals surface area contributed by atoms with Crippen LogP contribution in [0.15, 0.2) is 35.2 Å². The van der Waals surface area contributed by atoms with Crippen LogP contribution in [0.4, 0.5) is 0 Å². The molecule has 0 saturated carbocycles. The normalized spacial score (nSPS) is 15.8. The van der Waals surface area contributed by atoms with Crippen LogP contribution in [0.3, 0.4) is 0 Å². The summed E-state index contributed by atoms with van der Waals surface area (Å²) >= 11 is 1.77. The van der Waals surface area contributed by atoms with Crippen LogP contribution in [0.2, 0.25) is 0 Å². The van der Waals surface area contributed by atoms with Crippen LogP contribution in [0.1, 0.15) is 20.3 Å². The number of ether oxygens (including phenoxy) is 1. The van der Waals surface area contributed by atoms with Crippen molar-refractivity contribution in [3.63, 3.8) is 0 Å². The summed E-state index contributed by atoms with van der Waals surface area (Å²) in [6, 6.07) is 10.2. The van der Waals surface area contributed by atoms with Crippen molar-refractivity contribution in [1.82, 2.24) is 5.32 Å². The summed E-state index contributed by atoms with van der Waals surface area (Å²) in [6.07, 6.45) is 0.718. The largest absolute Gasteiger partial charge is 0.468 e. The molecule has 1 aromatic rings. The lowest BCUT2D eigenvalue weighted by molar-refractivity contribution is -0.147. The lowest BCUT2D eigenvalue weighted by Gasteiger charge is -2.28. The maximum atomic E-state index is 11.8. The van der Waals surface area contributed by atoms with Crippen molar-refractivity contribution in [3.8, 4) is 0 Å². The second-order valence-corrected chi connectivity index (χ2v) is 6.03. The van der Waals surface area contributed by atoms with E-state index >= 15 is 0 Å². The summed E-state index contributed by atoms with van der Waals surface area (Å²) < 4.78 is 4.85. The average Bonchev–Trinajstić information content (AvgIpc) is 2.38. The highest BCUT2D eigenvalue weighted by Gasteiger charge is 2.34. The maximum absolute atomic E-state index is 11.8. The number of likely N-dealkylation sites (N-methyl/N-ethyl adjacent to an activating group) is 1. The highest BCUT2D eigenvalue weighted by Crippen LogP contribution is 2.28. The highest BCUT2D eigenvalue weighted by atomic mass is 32.2. The Morgan fingerprint density at radius 2 is 2.06 bits per heavy atom. The van der Waals surface area contributed by atoms with Crippen molar-refractivity contribution in [3.05, 3.63) is 30.3 Å². The van der Waals surface area contributed by atoms with E-state index in [4.69, 9.17) is 4.74 Å². The molecule has 1 aromatic carbocycles. The van der Waals surface area contributed by atoms with Gasteiger partial charge in [0.1, 0.15) is 5.54 Å². The molecule has 0 aliphatic carbocycles. The van der Waals surface area contributed by atoms with E-state index in [1.165, 1.54) is 12.0 Å². The molecule has 2 unspecified atom stereocenters. The molecule has 0 saturated heterocycles. The summed E-state index contributed by atoms with van der Waals surface area (Å²) in [7, 11) is 3.21. The Morgan fingerprint density at radius 1 is 1.44 bits per heavy atom. The zero-order valence-electron chi connectivity index (χ0n) is 11.4. The molecule has 0 amide bonds. The fourth-order valence-electron chi connectivity index (χ4n) is 1.86. The number of esters is 1. The molecular formula is C14H21NO2S. The van der Waals surface area contributed by atoms with Crippen molar-refractivity contribution < 1.29 is 9.53 Å². The summed E-state index contributed by atoms with van der Waals surface area (Å²) in [5, 5.41) is 3.38. The Kier molecular flexibility index (Phi) is 5.69. The van der Waals surface area contributed by atoms with Crippen LogP contribution in [0, 0.1) is 0 Å². The van der Waals surface area contributed by atoms with Crippen molar-refractivity contribution in [2.24, 2.45) is 0 Å². The fraction of sp³-hybridized carbons (Fsp3) is 0.500. The van der Waals surface area contributed by atoms with E-state index in [0.717, 1.165) is 6.42 Å². The van der Waals surface area contributed by atoms with Crippen molar-refractivity contribution in [2.45, 2.75) is 36.0 Å². The molecule has 1 rings (SSSR count). The standard InChI is InChI=1S/C14H21NO2S/c1-11(18-12-8-6-5-7-9-12)10-14(2,15-3)13(16)17-4/h5-9,11,15H,10H2,1-4H3. The molecule has 0 spiro atoms. The van der Waals surface area contributed by atoms with Gasteiger partial charge in [0.15, 0.2) is 0 Å². The highest BCUT2D eigenvalue weighted by molar-refractivity contribution is 7.99. The number of rotatable bonds is 6. The minimum Gasteiger partial charge on any atom is -0.468 e. The number of benzene rings is 1. The molecule has 0 bridgehead atoms. The molecular weight excluding hydrogens is 246 g/mol. The molecule has 18 heavy (non-hydrogen) atoms. The minimum absolute atomic E-state index is 0.217. The van der Waals surface area contributed by atoms with Gasteiger partial charge in [-0.3, -0.25) is 4.79 Å². The van der Waals surface area contributed by atoms with E-state index in [0.29, 0.717) is 5.25 Å². The number of thioether (sulfide) groups is 1. The monoisotopic (exact) mass is 267 g/mol. The Labute approximate surface area is 113 Å². The minimum atomic E-state index is -0.629. The van der Waals surface area contributed by atoms with Crippen LogP contribution in [-0.4, -0.2) is 30.9 Å². The van der Waals surface area contributed by atoms with E-state index < -0.39 is 5.54 Å². The first-order chi connectivity index (χ1) is 8.51. The zero-order chi connectivity index (χ0) is 13.6. The van der Waals surface area contributed by atoms with Gasteiger partial charge < -0.3 is 10.1 Å². The predicted molar refractivity (Wildman–Crippen MR) is 75.9 cm³/mol. The first kappa shape index (κ1) is 15.1. The van der Waals surface area contributed by atoms with Crippen molar-refractivity contribution >= 4 is 17.7 Å². The third kappa shape index (κ3) is 4.03. The lowest BCUT2D eigenvalue weighted by Crippen LogP contribution is -2.49. The Morgan fingerprint density at radius 3 is 2.56 bits per heavy atom. The molecule has 100 valence electrons. The van der Waals surface area contributed by atoms with Gasteiger partial charge in [0, 0.05) is 10.1 Å². The van der Waals surface area contributed by atoms with Crippen LogP contribution < -0.4 is 5.32 Å². The molecule has 0 fully saturated rings. The van der Waals surface area contributed by atoms with Gasteiger partial charge in [0.2, 0.25) is 0 Å². The average molecular weight is 267 g/mol. The smallest absolute Gasteiger partial charge is 0.325 e. The number of carbonyl (C=O) groups is 1. The first-order valence-corrected chi connectivity index (χ1v) is 6.89. The molecule has 2 atom stereocenters. The Hall–Kier alpha value is -1.00. The lowest BCUT2D eigenvalue weighted by atomic mass is 9.96. The Balaban J connectivity index is 2.63. The van der Waals surface area contributed by atoms with Gasteiger partial charge >= 0.3 is 5.97 Å². The first-order valence-electron chi connectivity index (χ1n) is 6.01. The molecule has 4 heteroatoms.